The lowest BCUT2D eigenvalue weighted by molar-refractivity contribution is -0.132. The lowest BCUT2D eigenvalue weighted by Gasteiger charge is -2.25. The summed E-state index contributed by atoms with van der Waals surface area (Å²) in [5.41, 5.74) is 0. The lowest BCUT2D eigenvalue weighted by atomic mass is 9.94. The normalized spacial score (nSPS) is 22.1. The molecule has 88 valence electrons. The standard InChI is InChI=1S/C12H23NO2/c1-3-9(2)11(14)12(15)13-10-7-5-4-6-8-10/h9-11,14H,3-8H2,1-2H3,(H,13,15). The molecular weight excluding hydrogens is 190 g/mol. The number of aliphatic hydroxyl groups is 1. The van der Waals surface area contributed by atoms with Gasteiger partial charge < -0.3 is 10.4 Å². The molecule has 1 saturated carbocycles. The first-order chi connectivity index (χ1) is 7.15. The average molecular weight is 213 g/mol. The molecule has 0 radical (unpaired) electrons. The van der Waals surface area contributed by atoms with E-state index in [1.54, 1.807) is 0 Å². The molecule has 0 aliphatic heterocycles. The van der Waals surface area contributed by atoms with Crippen LogP contribution in [0, 0.1) is 5.92 Å². The van der Waals surface area contributed by atoms with Crippen LogP contribution in [0.2, 0.25) is 0 Å². The van der Waals surface area contributed by atoms with Gasteiger partial charge in [-0.05, 0) is 18.8 Å². The SMILES string of the molecule is CCC(C)C(O)C(=O)NC1CCCCC1. The average Bonchev–Trinajstić information content (AvgIpc) is 2.28. The van der Waals surface area contributed by atoms with Gasteiger partial charge >= 0.3 is 0 Å². The summed E-state index contributed by atoms with van der Waals surface area (Å²) in [7, 11) is 0. The van der Waals surface area contributed by atoms with Crippen LogP contribution in [0.3, 0.4) is 0 Å². The third-order valence-electron chi connectivity index (χ3n) is 3.40. The van der Waals surface area contributed by atoms with Crippen molar-refractivity contribution in [2.45, 2.75) is 64.5 Å². The van der Waals surface area contributed by atoms with Crippen molar-refractivity contribution >= 4 is 5.91 Å². The van der Waals surface area contributed by atoms with Gasteiger partial charge in [-0.1, -0.05) is 39.5 Å². The van der Waals surface area contributed by atoms with Crippen LogP contribution in [0.1, 0.15) is 52.4 Å². The molecule has 0 aromatic heterocycles. The van der Waals surface area contributed by atoms with Crippen LogP contribution in [0.15, 0.2) is 0 Å². The second kappa shape index (κ2) is 6.11. The largest absolute Gasteiger partial charge is 0.383 e. The lowest BCUT2D eigenvalue weighted by Crippen LogP contribution is -2.44. The van der Waals surface area contributed by atoms with E-state index < -0.39 is 6.10 Å². The summed E-state index contributed by atoms with van der Waals surface area (Å²) in [6, 6.07) is 0.296. The molecule has 3 nitrogen and oxygen atoms in total. The minimum Gasteiger partial charge on any atom is -0.383 e. The molecule has 2 atom stereocenters. The zero-order valence-electron chi connectivity index (χ0n) is 9.83. The minimum atomic E-state index is -0.836. The second-order valence-corrected chi connectivity index (χ2v) is 4.67. The smallest absolute Gasteiger partial charge is 0.249 e. The number of amides is 1. The Labute approximate surface area is 92.3 Å². The Balaban J connectivity index is 2.33. The zero-order valence-corrected chi connectivity index (χ0v) is 9.83. The highest BCUT2D eigenvalue weighted by Crippen LogP contribution is 2.18. The van der Waals surface area contributed by atoms with Gasteiger partial charge in [-0.3, -0.25) is 4.79 Å². The predicted molar refractivity (Wildman–Crippen MR) is 60.5 cm³/mol. The fraction of sp³-hybridized carbons (Fsp3) is 0.917. The van der Waals surface area contributed by atoms with E-state index in [4.69, 9.17) is 0 Å². The number of rotatable bonds is 4. The fourth-order valence-electron chi connectivity index (χ4n) is 2.02. The van der Waals surface area contributed by atoms with Crippen LogP contribution in [-0.2, 0) is 4.79 Å². The molecule has 1 aliphatic rings. The maximum Gasteiger partial charge on any atom is 0.249 e. The number of nitrogens with one attached hydrogen (secondary N) is 1. The van der Waals surface area contributed by atoms with Crippen molar-refractivity contribution in [2.75, 3.05) is 0 Å². The zero-order chi connectivity index (χ0) is 11.3. The fourth-order valence-corrected chi connectivity index (χ4v) is 2.02. The molecule has 0 aromatic carbocycles. The molecule has 2 N–H and O–H groups in total. The number of carbonyl (C=O) groups is 1. The number of carbonyl (C=O) groups excluding carboxylic acids is 1. The predicted octanol–water partition coefficient (Wildman–Crippen LogP) is 1.84. The molecular formula is C12H23NO2. The molecule has 0 spiro atoms. The minimum absolute atomic E-state index is 0.0496. The Hall–Kier alpha value is -0.570. The Bertz CT molecular complexity index is 200. The number of aliphatic hydroxyl groups excluding tert-OH is 1. The van der Waals surface area contributed by atoms with Gasteiger partial charge in [0.15, 0.2) is 0 Å². The summed E-state index contributed by atoms with van der Waals surface area (Å²) in [5, 5.41) is 12.6. The van der Waals surface area contributed by atoms with E-state index in [1.807, 2.05) is 13.8 Å². The highest BCUT2D eigenvalue weighted by atomic mass is 16.3. The molecule has 0 bridgehead atoms. The molecule has 2 unspecified atom stereocenters. The molecule has 0 heterocycles. The quantitative estimate of drug-likeness (QED) is 0.748. The Morgan fingerprint density at radius 3 is 2.53 bits per heavy atom. The molecule has 15 heavy (non-hydrogen) atoms. The Morgan fingerprint density at radius 1 is 1.40 bits per heavy atom. The summed E-state index contributed by atoms with van der Waals surface area (Å²) >= 11 is 0. The van der Waals surface area contributed by atoms with Gasteiger partial charge in [0.05, 0.1) is 0 Å². The third kappa shape index (κ3) is 3.82. The summed E-state index contributed by atoms with van der Waals surface area (Å²) < 4.78 is 0. The summed E-state index contributed by atoms with van der Waals surface area (Å²) in [5.74, 6) is -0.134. The van der Waals surface area contributed by atoms with Crippen LogP contribution in [-0.4, -0.2) is 23.2 Å². The maximum atomic E-state index is 11.7. The summed E-state index contributed by atoms with van der Waals surface area (Å²) in [4.78, 5) is 11.7. The van der Waals surface area contributed by atoms with E-state index in [9.17, 15) is 9.90 Å². The van der Waals surface area contributed by atoms with Crippen molar-refractivity contribution in [1.82, 2.24) is 5.32 Å². The van der Waals surface area contributed by atoms with Gasteiger partial charge in [0, 0.05) is 6.04 Å². The van der Waals surface area contributed by atoms with Gasteiger partial charge in [0.1, 0.15) is 6.10 Å². The van der Waals surface area contributed by atoms with Gasteiger partial charge in [-0.15, -0.1) is 0 Å². The second-order valence-electron chi connectivity index (χ2n) is 4.67. The highest BCUT2D eigenvalue weighted by molar-refractivity contribution is 5.81. The van der Waals surface area contributed by atoms with E-state index >= 15 is 0 Å². The summed E-state index contributed by atoms with van der Waals surface area (Å²) in [6.07, 6.45) is 5.81. The van der Waals surface area contributed by atoms with Crippen molar-refractivity contribution < 1.29 is 9.90 Å². The van der Waals surface area contributed by atoms with Gasteiger partial charge in [-0.2, -0.15) is 0 Å². The van der Waals surface area contributed by atoms with E-state index in [-0.39, 0.29) is 11.8 Å². The van der Waals surface area contributed by atoms with Crippen molar-refractivity contribution in [3.8, 4) is 0 Å². The van der Waals surface area contributed by atoms with Crippen molar-refractivity contribution in [3.05, 3.63) is 0 Å². The molecule has 1 amide bonds. The van der Waals surface area contributed by atoms with Crippen molar-refractivity contribution in [3.63, 3.8) is 0 Å². The molecule has 1 aliphatic carbocycles. The van der Waals surface area contributed by atoms with Crippen molar-refractivity contribution in [2.24, 2.45) is 5.92 Å². The van der Waals surface area contributed by atoms with Crippen LogP contribution in [0.5, 0.6) is 0 Å². The number of hydrogen-bond donors (Lipinski definition) is 2. The first kappa shape index (κ1) is 12.5. The first-order valence-electron chi connectivity index (χ1n) is 6.13. The molecule has 0 saturated heterocycles. The molecule has 1 rings (SSSR count). The van der Waals surface area contributed by atoms with Crippen LogP contribution in [0.4, 0.5) is 0 Å². The first-order valence-corrected chi connectivity index (χ1v) is 6.13. The Kier molecular flexibility index (Phi) is 5.09. The number of hydrogen-bond acceptors (Lipinski definition) is 2. The Morgan fingerprint density at radius 2 is 2.00 bits per heavy atom. The molecule has 0 aromatic rings. The third-order valence-corrected chi connectivity index (χ3v) is 3.40. The van der Waals surface area contributed by atoms with Crippen LogP contribution in [0.25, 0.3) is 0 Å². The maximum absolute atomic E-state index is 11.7. The monoisotopic (exact) mass is 213 g/mol. The van der Waals surface area contributed by atoms with E-state index in [2.05, 4.69) is 5.32 Å². The van der Waals surface area contributed by atoms with Gasteiger partial charge in [-0.25, -0.2) is 0 Å². The summed E-state index contributed by atoms with van der Waals surface area (Å²) in [6.45, 7) is 3.90. The van der Waals surface area contributed by atoms with Crippen LogP contribution < -0.4 is 5.32 Å². The van der Waals surface area contributed by atoms with E-state index in [1.165, 1.54) is 19.3 Å². The highest BCUT2D eigenvalue weighted by Gasteiger charge is 2.24. The molecule has 3 heteroatoms. The van der Waals surface area contributed by atoms with E-state index in [0.29, 0.717) is 6.04 Å². The van der Waals surface area contributed by atoms with E-state index in [0.717, 1.165) is 19.3 Å². The van der Waals surface area contributed by atoms with Crippen LogP contribution >= 0.6 is 0 Å². The molecule has 1 fully saturated rings. The van der Waals surface area contributed by atoms with Crippen molar-refractivity contribution in [1.29, 1.82) is 0 Å². The van der Waals surface area contributed by atoms with Gasteiger partial charge in [0.25, 0.3) is 0 Å². The topological polar surface area (TPSA) is 49.3 Å². The van der Waals surface area contributed by atoms with Gasteiger partial charge in [0.2, 0.25) is 5.91 Å².